The van der Waals surface area contributed by atoms with Crippen molar-refractivity contribution in [2.75, 3.05) is 17.3 Å². The van der Waals surface area contributed by atoms with Gasteiger partial charge in [0.25, 0.3) is 0 Å². The number of thiazole rings is 1. The number of thioether (sulfide) groups is 1. The average molecular weight is 480 g/mol. The minimum atomic E-state index is -3.83. The Kier molecular flexibility index (Phi) is 8.19. The Morgan fingerprint density at radius 3 is 2.55 bits per heavy atom. The van der Waals surface area contributed by atoms with Gasteiger partial charge in [-0.05, 0) is 48.3 Å². The summed E-state index contributed by atoms with van der Waals surface area (Å²) < 4.78 is 40.9. The summed E-state index contributed by atoms with van der Waals surface area (Å²) in [6, 6.07) is 13.2. The van der Waals surface area contributed by atoms with Crippen LogP contribution in [0.2, 0.25) is 0 Å². The van der Waals surface area contributed by atoms with Gasteiger partial charge in [-0.2, -0.15) is 16.5 Å². The normalized spacial score (nSPS) is 12.5. The van der Waals surface area contributed by atoms with Crippen molar-refractivity contribution >= 4 is 44.2 Å². The lowest BCUT2D eigenvalue weighted by Gasteiger charge is -2.17. The third kappa shape index (κ3) is 6.86. The predicted octanol–water partition coefficient (Wildman–Crippen LogP) is 3.91. The minimum Gasteiger partial charge on any atom is -0.301 e. The monoisotopic (exact) mass is 479 g/mol. The van der Waals surface area contributed by atoms with Gasteiger partial charge in [0.2, 0.25) is 15.9 Å². The highest BCUT2D eigenvalue weighted by Gasteiger charge is 2.26. The largest absolute Gasteiger partial charge is 0.301 e. The number of aromatic nitrogens is 1. The molecule has 0 aliphatic carbocycles. The highest BCUT2D eigenvalue weighted by atomic mass is 32.2. The van der Waals surface area contributed by atoms with Crippen LogP contribution in [0.3, 0.4) is 0 Å². The maximum Gasteiger partial charge on any atom is 0.244 e. The highest BCUT2D eigenvalue weighted by Crippen LogP contribution is 2.22. The molecular weight excluding hydrogens is 457 g/mol. The van der Waals surface area contributed by atoms with Crippen LogP contribution in [0, 0.1) is 5.82 Å². The zero-order valence-corrected chi connectivity index (χ0v) is 19.2. The molecule has 1 heterocycles. The molecule has 2 N–H and O–H groups in total. The molecule has 1 atom stereocenters. The Hall–Kier alpha value is -2.27. The molecule has 2 aromatic carbocycles. The van der Waals surface area contributed by atoms with E-state index in [9.17, 15) is 17.6 Å². The van der Waals surface area contributed by atoms with Gasteiger partial charge in [0.1, 0.15) is 11.9 Å². The second-order valence-electron chi connectivity index (χ2n) is 6.69. The molecule has 3 aromatic rings. The molecule has 1 aromatic heterocycles. The topological polar surface area (TPSA) is 88.2 Å². The summed E-state index contributed by atoms with van der Waals surface area (Å²) in [5, 5.41) is 3.10. The number of benzene rings is 2. The molecule has 3 rings (SSSR count). The predicted molar refractivity (Wildman–Crippen MR) is 124 cm³/mol. The van der Waals surface area contributed by atoms with Gasteiger partial charge in [-0.1, -0.05) is 30.3 Å². The molecule has 0 aliphatic rings. The quantitative estimate of drug-likeness (QED) is 0.460. The Morgan fingerprint density at radius 2 is 1.87 bits per heavy atom. The number of carbonyl (C=O) groups is 1. The van der Waals surface area contributed by atoms with Crippen LogP contribution in [0.5, 0.6) is 0 Å². The first-order valence-electron chi connectivity index (χ1n) is 9.44. The van der Waals surface area contributed by atoms with Gasteiger partial charge in [0, 0.05) is 17.5 Å². The highest BCUT2D eigenvalue weighted by molar-refractivity contribution is 7.98. The van der Waals surface area contributed by atoms with E-state index >= 15 is 0 Å². The molecule has 0 radical (unpaired) electrons. The van der Waals surface area contributed by atoms with Crippen molar-refractivity contribution in [2.45, 2.75) is 23.8 Å². The Balaban J connectivity index is 1.68. The molecule has 6 nitrogen and oxygen atoms in total. The molecule has 164 valence electrons. The first kappa shape index (κ1) is 23.4. The van der Waals surface area contributed by atoms with E-state index in [-0.39, 0.29) is 10.7 Å². The summed E-state index contributed by atoms with van der Waals surface area (Å²) in [5.74, 6) is -0.144. The van der Waals surface area contributed by atoms with Gasteiger partial charge in [-0.3, -0.25) is 4.79 Å². The van der Waals surface area contributed by atoms with E-state index in [2.05, 4.69) is 15.0 Å². The van der Waals surface area contributed by atoms with Crippen molar-refractivity contribution in [1.29, 1.82) is 0 Å². The van der Waals surface area contributed by atoms with Gasteiger partial charge >= 0.3 is 0 Å². The van der Waals surface area contributed by atoms with Crippen molar-refractivity contribution < 1.29 is 17.6 Å². The van der Waals surface area contributed by atoms with Gasteiger partial charge in [-0.25, -0.2) is 17.8 Å². The first-order chi connectivity index (χ1) is 14.9. The SMILES string of the molecule is CSCCC(NS(=O)(=O)c1ccccc1)C(=O)Nc1ncc(Cc2ccc(F)cc2)s1. The van der Waals surface area contributed by atoms with E-state index in [4.69, 9.17) is 0 Å². The number of nitrogens with one attached hydrogen (secondary N) is 2. The Morgan fingerprint density at radius 1 is 1.16 bits per heavy atom. The van der Waals surface area contributed by atoms with Crippen molar-refractivity contribution in [2.24, 2.45) is 0 Å². The third-order valence-electron chi connectivity index (χ3n) is 4.35. The van der Waals surface area contributed by atoms with Crippen molar-refractivity contribution in [3.8, 4) is 0 Å². The number of amides is 1. The van der Waals surface area contributed by atoms with Crippen LogP contribution in [0.1, 0.15) is 16.9 Å². The lowest BCUT2D eigenvalue weighted by Crippen LogP contribution is -2.44. The second kappa shape index (κ2) is 10.9. The van der Waals surface area contributed by atoms with E-state index in [0.717, 1.165) is 10.4 Å². The average Bonchev–Trinajstić information content (AvgIpc) is 3.20. The number of hydrogen-bond acceptors (Lipinski definition) is 6. The lowest BCUT2D eigenvalue weighted by atomic mass is 10.1. The molecule has 0 spiro atoms. The maximum absolute atomic E-state index is 13.1. The zero-order valence-electron chi connectivity index (χ0n) is 16.7. The minimum absolute atomic E-state index is 0.104. The van der Waals surface area contributed by atoms with Crippen LogP contribution in [-0.2, 0) is 21.2 Å². The molecule has 1 unspecified atom stereocenters. The molecule has 0 aliphatic heterocycles. The van der Waals surface area contributed by atoms with Crippen LogP contribution in [0.25, 0.3) is 0 Å². The smallest absolute Gasteiger partial charge is 0.244 e. The fourth-order valence-corrected chi connectivity index (χ4v) is 5.35. The summed E-state index contributed by atoms with van der Waals surface area (Å²) in [6.07, 6.45) is 4.44. The fraction of sp³-hybridized carbons (Fsp3) is 0.238. The number of sulfonamides is 1. The van der Waals surface area contributed by atoms with Crippen LogP contribution in [-0.4, -0.2) is 37.4 Å². The first-order valence-corrected chi connectivity index (χ1v) is 13.1. The second-order valence-corrected chi connectivity index (χ2v) is 10.5. The van der Waals surface area contributed by atoms with Gasteiger partial charge < -0.3 is 5.32 Å². The molecule has 10 heteroatoms. The molecule has 0 saturated heterocycles. The number of rotatable bonds is 10. The maximum atomic E-state index is 13.1. The van der Waals surface area contributed by atoms with Crippen LogP contribution >= 0.6 is 23.1 Å². The molecular formula is C21H22FN3O3S3. The molecule has 1 amide bonds. The van der Waals surface area contributed by atoms with Crippen molar-refractivity contribution in [3.05, 3.63) is 77.1 Å². The number of nitrogens with zero attached hydrogens (tertiary/aromatic N) is 1. The van der Waals surface area contributed by atoms with Gasteiger partial charge in [0.15, 0.2) is 5.13 Å². The molecule has 0 saturated carbocycles. The summed E-state index contributed by atoms with van der Waals surface area (Å²) in [5.41, 5.74) is 0.927. The summed E-state index contributed by atoms with van der Waals surface area (Å²) in [6.45, 7) is 0. The summed E-state index contributed by atoms with van der Waals surface area (Å²) >= 11 is 2.82. The number of hydrogen-bond donors (Lipinski definition) is 2. The van der Waals surface area contributed by atoms with E-state index in [1.54, 1.807) is 36.5 Å². The third-order valence-corrected chi connectivity index (χ3v) is 7.40. The van der Waals surface area contributed by atoms with E-state index in [0.29, 0.717) is 23.7 Å². The standard InChI is InChI=1S/C21H22FN3O3S3/c1-29-12-11-19(25-31(27,28)18-5-3-2-4-6-18)20(26)24-21-23-14-17(30-21)13-15-7-9-16(22)10-8-15/h2-10,14,19,25H,11-13H2,1H3,(H,23,24,26). The lowest BCUT2D eigenvalue weighted by molar-refractivity contribution is -0.117. The molecule has 31 heavy (non-hydrogen) atoms. The van der Waals surface area contributed by atoms with Gasteiger partial charge in [0.05, 0.1) is 4.90 Å². The van der Waals surface area contributed by atoms with E-state index < -0.39 is 22.0 Å². The van der Waals surface area contributed by atoms with Gasteiger partial charge in [-0.15, -0.1) is 11.3 Å². The molecule has 0 fully saturated rings. The Bertz CT molecular complexity index is 1100. The van der Waals surface area contributed by atoms with Crippen molar-refractivity contribution in [3.63, 3.8) is 0 Å². The van der Waals surface area contributed by atoms with E-state index in [1.165, 1.54) is 47.4 Å². The van der Waals surface area contributed by atoms with Crippen LogP contribution < -0.4 is 10.0 Å². The van der Waals surface area contributed by atoms with Crippen LogP contribution in [0.4, 0.5) is 9.52 Å². The number of halogens is 1. The molecule has 0 bridgehead atoms. The zero-order chi connectivity index (χ0) is 22.3. The number of anilines is 1. The number of carbonyl (C=O) groups excluding carboxylic acids is 1. The van der Waals surface area contributed by atoms with Crippen LogP contribution in [0.15, 0.2) is 65.7 Å². The Labute approximate surface area is 189 Å². The summed E-state index contributed by atoms with van der Waals surface area (Å²) in [4.78, 5) is 18.0. The fourth-order valence-electron chi connectivity index (χ4n) is 2.78. The van der Waals surface area contributed by atoms with Crippen molar-refractivity contribution in [1.82, 2.24) is 9.71 Å². The summed E-state index contributed by atoms with van der Waals surface area (Å²) in [7, 11) is -3.83. The van der Waals surface area contributed by atoms with E-state index in [1.807, 2.05) is 6.26 Å².